The van der Waals surface area contributed by atoms with Gasteiger partial charge < -0.3 is 4.90 Å². The summed E-state index contributed by atoms with van der Waals surface area (Å²) in [6.45, 7) is 8.34. The van der Waals surface area contributed by atoms with Gasteiger partial charge in [-0.3, -0.25) is 14.5 Å². The van der Waals surface area contributed by atoms with Gasteiger partial charge in [-0.2, -0.15) is 0 Å². The van der Waals surface area contributed by atoms with Gasteiger partial charge in [0.2, 0.25) is 0 Å². The Morgan fingerprint density at radius 1 is 1.08 bits per heavy atom. The summed E-state index contributed by atoms with van der Waals surface area (Å²) in [4.78, 5) is 29.9. The molecule has 1 heterocycles. The van der Waals surface area contributed by atoms with Crippen LogP contribution in [0.3, 0.4) is 0 Å². The Morgan fingerprint density at radius 2 is 1.73 bits per heavy atom. The van der Waals surface area contributed by atoms with Crippen LogP contribution in [0.25, 0.3) is 5.57 Å². The third-order valence-corrected chi connectivity index (χ3v) is 5.84. The van der Waals surface area contributed by atoms with Crippen LogP contribution in [0, 0.1) is 11.8 Å². The quantitative estimate of drug-likeness (QED) is 0.815. The van der Waals surface area contributed by atoms with Crippen LogP contribution in [0.15, 0.2) is 53.5 Å². The summed E-state index contributed by atoms with van der Waals surface area (Å²) in [5, 5.41) is 0. The largest absolute Gasteiger partial charge is 0.334 e. The number of nitrogens with zero attached hydrogens (tertiary/aromatic N) is 2. The minimum absolute atomic E-state index is 0.0240. The van der Waals surface area contributed by atoms with Crippen molar-refractivity contribution < 1.29 is 9.59 Å². The molecule has 2 aliphatic carbocycles. The highest BCUT2D eigenvalue weighted by Crippen LogP contribution is 2.50. The number of carbonyl (C=O) groups excluding carboxylic acids is 2. The third-order valence-electron chi connectivity index (χ3n) is 5.84. The van der Waals surface area contributed by atoms with Crippen LogP contribution < -0.4 is 0 Å². The molecule has 0 spiro atoms. The predicted molar refractivity (Wildman–Crippen MR) is 102 cm³/mol. The zero-order valence-electron chi connectivity index (χ0n) is 15.8. The highest BCUT2D eigenvalue weighted by molar-refractivity contribution is 6.23. The van der Waals surface area contributed by atoms with Crippen molar-refractivity contribution in [1.82, 2.24) is 9.80 Å². The van der Waals surface area contributed by atoms with E-state index in [1.54, 1.807) is 11.9 Å². The summed E-state index contributed by atoms with van der Waals surface area (Å²) in [5.74, 6) is 0.975. The number of hydrogen-bond donors (Lipinski definition) is 0. The molecule has 0 fully saturated rings. The number of amides is 1. The smallest absolute Gasteiger partial charge is 0.257 e. The number of allylic oxidation sites excluding steroid dienone is 2. The topological polar surface area (TPSA) is 40.6 Å². The van der Waals surface area contributed by atoms with E-state index >= 15 is 0 Å². The van der Waals surface area contributed by atoms with E-state index in [4.69, 9.17) is 0 Å². The Kier molecular flexibility index (Phi) is 3.69. The first-order valence-corrected chi connectivity index (χ1v) is 9.13. The highest BCUT2D eigenvalue weighted by atomic mass is 16.2. The number of likely N-dealkylation sites (N-methyl/N-ethyl adjacent to an activating group) is 1. The van der Waals surface area contributed by atoms with Gasteiger partial charge >= 0.3 is 0 Å². The normalized spacial score (nSPS) is 22.3. The molecule has 1 aromatic rings. The van der Waals surface area contributed by atoms with E-state index in [2.05, 4.69) is 20.4 Å². The lowest BCUT2D eigenvalue weighted by molar-refractivity contribution is -0.126. The van der Waals surface area contributed by atoms with E-state index in [0.29, 0.717) is 18.2 Å². The van der Waals surface area contributed by atoms with E-state index in [9.17, 15) is 9.59 Å². The molecule has 1 aliphatic heterocycles. The Morgan fingerprint density at radius 3 is 2.38 bits per heavy atom. The maximum atomic E-state index is 13.2. The molecule has 0 aromatic heterocycles. The summed E-state index contributed by atoms with van der Waals surface area (Å²) >= 11 is 0. The molecule has 4 heteroatoms. The second-order valence-corrected chi connectivity index (χ2v) is 7.83. The number of rotatable bonds is 2. The fourth-order valence-electron chi connectivity index (χ4n) is 4.50. The molecule has 1 atom stereocenters. The second kappa shape index (κ2) is 5.70. The first kappa shape index (κ1) is 16.8. The van der Waals surface area contributed by atoms with Gasteiger partial charge in [0.1, 0.15) is 5.82 Å². The zero-order chi connectivity index (χ0) is 18.7. The van der Waals surface area contributed by atoms with Crippen LogP contribution in [0.2, 0.25) is 0 Å². The number of hydrogen-bond acceptors (Lipinski definition) is 3. The fourth-order valence-corrected chi connectivity index (χ4v) is 4.50. The van der Waals surface area contributed by atoms with Gasteiger partial charge in [0, 0.05) is 48.8 Å². The van der Waals surface area contributed by atoms with E-state index in [1.165, 1.54) is 0 Å². The van der Waals surface area contributed by atoms with Crippen LogP contribution in [-0.4, -0.2) is 35.6 Å². The minimum Gasteiger partial charge on any atom is -0.334 e. The number of ketones is 1. The Labute approximate surface area is 154 Å². The van der Waals surface area contributed by atoms with E-state index in [0.717, 1.165) is 40.0 Å². The van der Waals surface area contributed by atoms with Crippen LogP contribution in [0.5, 0.6) is 0 Å². The van der Waals surface area contributed by atoms with E-state index < -0.39 is 0 Å². The summed E-state index contributed by atoms with van der Waals surface area (Å²) in [6, 6.07) is 7.82. The molecule has 1 amide bonds. The molecular formula is C22H24N2O2. The lowest BCUT2D eigenvalue weighted by atomic mass is 9.74. The van der Waals surface area contributed by atoms with Crippen molar-refractivity contribution in [2.45, 2.75) is 26.7 Å². The van der Waals surface area contributed by atoms with Crippen LogP contribution >= 0.6 is 0 Å². The van der Waals surface area contributed by atoms with Crippen molar-refractivity contribution in [2.24, 2.45) is 11.8 Å². The van der Waals surface area contributed by atoms with Gasteiger partial charge in [-0.15, -0.1) is 0 Å². The molecule has 3 aliphatic rings. The van der Waals surface area contributed by atoms with Crippen LogP contribution in [-0.2, 0) is 4.79 Å². The van der Waals surface area contributed by atoms with E-state index in [-0.39, 0.29) is 17.6 Å². The minimum atomic E-state index is -0.154. The zero-order valence-corrected chi connectivity index (χ0v) is 15.8. The van der Waals surface area contributed by atoms with Crippen LogP contribution in [0.1, 0.15) is 42.6 Å². The lowest BCUT2D eigenvalue weighted by Crippen LogP contribution is -2.44. The summed E-state index contributed by atoms with van der Waals surface area (Å²) in [5.41, 5.74) is 5.49. The molecule has 4 nitrogen and oxygen atoms in total. The second-order valence-electron chi connectivity index (χ2n) is 7.83. The lowest BCUT2D eigenvalue weighted by Gasteiger charge is -2.42. The summed E-state index contributed by atoms with van der Waals surface area (Å²) in [7, 11) is 3.72. The summed E-state index contributed by atoms with van der Waals surface area (Å²) < 4.78 is 0. The Balaban J connectivity index is 1.92. The maximum Gasteiger partial charge on any atom is 0.257 e. The molecule has 0 saturated heterocycles. The molecule has 0 radical (unpaired) electrons. The Bertz CT molecular complexity index is 920. The number of fused-ring (bicyclic) bond motifs is 2. The first-order chi connectivity index (χ1) is 12.3. The van der Waals surface area contributed by atoms with Gasteiger partial charge in [-0.1, -0.05) is 44.7 Å². The molecule has 1 unspecified atom stereocenters. The number of benzene rings is 1. The molecule has 0 bridgehead atoms. The molecule has 26 heavy (non-hydrogen) atoms. The molecule has 0 N–H and O–H groups in total. The van der Waals surface area contributed by atoms with Crippen LogP contribution in [0.4, 0.5) is 0 Å². The SMILES string of the molecule is C=C1N(C)C(=O)C2=C(CC3=C(C(=O)c4ccccc43)C2CC(C)C)N1C. The fraction of sp³-hybridized carbons (Fsp3) is 0.364. The molecular weight excluding hydrogens is 324 g/mol. The van der Waals surface area contributed by atoms with Crippen molar-refractivity contribution in [2.75, 3.05) is 14.1 Å². The monoisotopic (exact) mass is 348 g/mol. The standard InChI is InChI=1S/C22H24N2O2/c1-12(2)10-17-19-16(14-8-6-7-9-15(14)21(19)25)11-18-20(17)22(26)24(5)13(3)23(18)4/h6-9,12,17H,3,10-11H2,1-2,4-5H3. The first-order valence-electron chi connectivity index (χ1n) is 9.13. The highest BCUT2D eigenvalue weighted by Gasteiger charge is 2.45. The van der Waals surface area contributed by atoms with Crippen molar-refractivity contribution in [3.8, 4) is 0 Å². The molecule has 134 valence electrons. The average molecular weight is 348 g/mol. The molecule has 0 saturated carbocycles. The number of carbonyl (C=O) groups is 2. The average Bonchev–Trinajstić information content (AvgIpc) is 2.90. The van der Waals surface area contributed by atoms with Crippen molar-refractivity contribution in [3.63, 3.8) is 0 Å². The summed E-state index contributed by atoms with van der Waals surface area (Å²) in [6.07, 6.45) is 1.40. The van der Waals surface area contributed by atoms with Crippen molar-refractivity contribution in [1.29, 1.82) is 0 Å². The van der Waals surface area contributed by atoms with E-state index in [1.807, 2.05) is 36.2 Å². The van der Waals surface area contributed by atoms with Crippen molar-refractivity contribution >= 4 is 17.3 Å². The van der Waals surface area contributed by atoms with Gasteiger partial charge in [0.25, 0.3) is 5.91 Å². The predicted octanol–water partition coefficient (Wildman–Crippen LogP) is 3.83. The molecule has 1 aromatic carbocycles. The number of Topliss-reactive ketones (excluding diaryl/α,β-unsaturated/α-hetero) is 1. The Hall–Kier alpha value is -2.62. The van der Waals surface area contributed by atoms with Gasteiger partial charge in [0.15, 0.2) is 5.78 Å². The van der Waals surface area contributed by atoms with Crippen molar-refractivity contribution in [3.05, 3.63) is 64.6 Å². The van der Waals surface area contributed by atoms with Gasteiger partial charge in [-0.05, 0) is 23.5 Å². The van der Waals surface area contributed by atoms with Gasteiger partial charge in [0.05, 0.1) is 0 Å². The molecule has 4 rings (SSSR count). The van der Waals surface area contributed by atoms with Gasteiger partial charge in [-0.25, -0.2) is 0 Å². The maximum absolute atomic E-state index is 13.2. The third kappa shape index (κ3) is 2.14.